The summed E-state index contributed by atoms with van der Waals surface area (Å²) in [7, 11) is 0. The van der Waals surface area contributed by atoms with Crippen molar-refractivity contribution in [3.63, 3.8) is 0 Å². The summed E-state index contributed by atoms with van der Waals surface area (Å²) in [4.78, 5) is 4.52. The summed E-state index contributed by atoms with van der Waals surface area (Å²) in [5, 5.41) is 27.3. The van der Waals surface area contributed by atoms with Crippen molar-refractivity contribution in [1.82, 2.24) is 21.3 Å². The van der Waals surface area contributed by atoms with E-state index < -0.39 is 0 Å². The summed E-state index contributed by atoms with van der Waals surface area (Å²) in [6, 6.07) is 8.37. The van der Waals surface area contributed by atoms with Crippen LogP contribution in [0.15, 0.2) is 29.3 Å². The number of rotatable bonds is 15. The van der Waals surface area contributed by atoms with Gasteiger partial charge in [-0.05, 0) is 31.2 Å². The van der Waals surface area contributed by atoms with Crippen molar-refractivity contribution in [1.29, 1.82) is 10.8 Å². The van der Waals surface area contributed by atoms with E-state index >= 15 is 0 Å². The molecule has 0 atom stereocenters. The number of aliphatic imine (C=N–C) groups is 1. The molecule has 0 radical (unpaired) electrons. The largest absolute Gasteiger partial charge is 0.377 e. The zero-order chi connectivity index (χ0) is 22.9. The highest BCUT2D eigenvalue weighted by Crippen LogP contribution is 2.08. The Kier molecular flexibility index (Phi) is 12.7. The minimum Gasteiger partial charge on any atom is -0.377 e. The monoisotopic (exact) mass is 444 g/mol. The third-order valence-electron chi connectivity index (χ3n) is 5.13. The Morgan fingerprint density at radius 3 is 2.25 bits per heavy atom. The van der Waals surface area contributed by atoms with Crippen molar-refractivity contribution >= 4 is 17.8 Å². The lowest BCUT2D eigenvalue weighted by Crippen LogP contribution is -2.37. The molecule has 1 aliphatic heterocycles. The van der Waals surface area contributed by atoms with Crippen LogP contribution in [-0.2, 0) is 11.3 Å². The standard InChI is InChI=1S/C23H40N8O/c24-22(25)29-12-4-2-1-3-5-13-30-23(26)31-16-7-17-32-18-19-8-10-20(11-9-19)21-27-14-6-15-28-21/h8-11H,1-7,12-18H2,(H,27,28)(H4,24,25,29)(H3,26,30,31). The molecular weight excluding hydrogens is 404 g/mol. The van der Waals surface area contributed by atoms with Crippen molar-refractivity contribution < 1.29 is 4.74 Å². The van der Waals surface area contributed by atoms with E-state index in [1.54, 1.807) is 0 Å². The number of hydrogen-bond donors (Lipinski definition) is 7. The average Bonchev–Trinajstić information content (AvgIpc) is 2.81. The van der Waals surface area contributed by atoms with Gasteiger partial charge in [-0.25, -0.2) is 0 Å². The molecule has 9 heteroatoms. The number of nitrogens with zero attached hydrogens (tertiary/aromatic N) is 1. The van der Waals surface area contributed by atoms with E-state index in [4.69, 9.17) is 21.3 Å². The first kappa shape index (κ1) is 25.5. The van der Waals surface area contributed by atoms with E-state index in [0.29, 0.717) is 19.2 Å². The van der Waals surface area contributed by atoms with E-state index in [0.717, 1.165) is 94.6 Å². The maximum atomic E-state index is 7.90. The van der Waals surface area contributed by atoms with Crippen LogP contribution >= 0.6 is 0 Å². The van der Waals surface area contributed by atoms with E-state index in [2.05, 4.69) is 50.5 Å². The molecule has 9 nitrogen and oxygen atoms in total. The summed E-state index contributed by atoms with van der Waals surface area (Å²) >= 11 is 0. The number of amidine groups is 1. The molecule has 0 spiro atoms. The zero-order valence-electron chi connectivity index (χ0n) is 19.1. The minimum absolute atomic E-state index is 0.0419. The van der Waals surface area contributed by atoms with E-state index in [9.17, 15) is 0 Å². The molecule has 0 amide bonds. The van der Waals surface area contributed by atoms with Gasteiger partial charge in [-0.2, -0.15) is 0 Å². The number of benzene rings is 1. The summed E-state index contributed by atoms with van der Waals surface area (Å²) in [5.74, 6) is 1.41. The molecule has 0 aromatic heterocycles. The smallest absolute Gasteiger partial charge is 0.188 e. The summed E-state index contributed by atoms with van der Waals surface area (Å²) in [6.07, 6.45) is 7.47. The summed E-state index contributed by atoms with van der Waals surface area (Å²) < 4.78 is 5.75. The van der Waals surface area contributed by atoms with Gasteiger partial charge in [0.25, 0.3) is 0 Å². The van der Waals surface area contributed by atoms with Crippen LogP contribution in [0.25, 0.3) is 0 Å². The summed E-state index contributed by atoms with van der Waals surface area (Å²) in [5.41, 5.74) is 7.52. The molecule has 178 valence electrons. The normalized spacial score (nSPS) is 13.1. The second-order valence-corrected chi connectivity index (χ2v) is 7.95. The molecule has 8 N–H and O–H groups in total. The Labute approximate surface area is 192 Å². The molecule has 0 saturated carbocycles. The minimum atomic E-state index is 0.0419. The van der Waals surface area contributed by atoms with Gasteiger partial charge in [0.2, 0.25) is 0 Å². The summed E-state index contributed by atoms with van der Waals surface area (Å²) in [6.45, 7) is 5.45. The van der Waals surface area contributed by atoms with E-state index in [-0.39, 0.29) is 5.96 Å². The fourth-order valence-electron chi connectivity index (χ4n) is 3.34. The molecule has 1 aliphatic rings. The molecule has 0 saturated heterocycles. The Balaban J connectivity index is 1.40. The first-order valence-electron chi connectivity index (χ1n) is 11.7. The fourth-order valence-corrected chi connectivity index (χ4v) is 3.34. The highest BCUT2D eigenvalue weighted by molar-refractivity contribution is 5.99. The van der Waals surface area contributed by atoms with E-state index in [1.807, 2.05) is 0 Å². The van der Waals surface area contributed by atoms with Gasteiger partial charge in [-0.3, -0.25) is 15.8 Å². The van der Waals surface area contributed by atoms with E-state index in [1.165, 1.54) is 0 Å². The quantitative estimate of drug-likeness (QED) is 0.125. The van der Waals surface area contributed by atoms with Crippen molar-refractivity contribution in [2.24, 2.45) is 10.7 Å². The van der Waals surface area contributed by atoms with Crippen LogP contribution in [0.3, 0.4) is 0 Å². The van der Waals surface area contributed by atoms with Gasteiger partial charge in [0, 0.05) is 44.9 Å². The Bertz CT molecular complexity index is 704. The van der Waals surface area contributed by atoms with Crippen LogP contribution < -0.4 is 27.0 Å². The zero-order valence-corrected chi connectivity index (χ0v) is 19.1. The van der Waals surface area contributed by atoms with Gasteiger partial charge >= 0.3 is 0 Å². The van der Waals surface area contributed by atoms with Gasteiger partial charge in [-0.15, -0.1) is 0 Å². The third-order valence-corrected chi connectivity index (χ3v) is 5.13. The van der Waals surface area contributed by atoms with Crippen molar-refractivity contribution in [2.75, 3.05) is 39.3 Å². The lowest BCUT2D eigenvalue weighted by Gasteiger charge is -2.15. The lowest BCUT2D eigenvalue weighted by molar-refractivity contribution is 0.119. The molecule has 1 aromatic carbocycles. The maximum absolute atomic E-state index is 7.90. The van der Waals surface area contributed by atoms with Crippen LogP contribution in [0.5, 0.6) is 0 Å². The van der Waals surface area contributed by atoms with Crippen LogP contribution in [-0.4, -0.2) is 57.1 Å². The second kappa shape index (κ2) is 15.9. The molecule has 0 unspecified atom stereocenters. The predicted molar refractivity (Wildman–Crippen MR) is 131 cm³/mol. The SMILES string of the molecule is N=C(N)NCCCCCCCNC(=N)NCCCOCc1ccc(C2=NCCCN2)cc1. The van der Waals surface area contributed by atoms with Crippen molar-refractivity contribution in [3.8, 4) is 0 Å². The number of unbranched alkanes of at least 4 members (excludes halogenated alkanes) is 4. The van der Waals surface area contributed by atoms with Crippen LogP contribution in [0, 0.1) is 10.8 Å². The highest BCUT2D eigenvalue weighted by atomic mass is 16.5. The molecule has 32 heavy (non-hydrogen) atoms. The van der Waals surface area contributed by atoms with Gasteiger partial charge in [0.15, 0.2) is 11.9 Å². The third kappa shape index (κ3) is 11.5. The molecule has 0 aliphatic carbocycles. The molecular formula is C23H40N8O. The van der Waals surface area contributed by atoms with Gasteiger partial charge in [-0.1, -0.05) is 43.5 Å². The highest BCUT2D eigenvalue weighted by Gasteiger charge is 2.06. The van der Waals surface area contributed by atoms with Crippen LogP contribution in [0.4, 0.5) is 0 Å². The Hall–Kier alpha value is -2.81. The molecule has 0 bridgehead atoms. The average molecular weight is 445 g/mol. The first-order chi connectivity index (χ1) is 15.6. The second-order valence-electron chi connectivity index (χ2n) is 7.95. The van der Waals surface area contributed by atoms with Gasteiger partial charge in [0.1, 0.15) is 5.84 Å². The van der Waals surface area contributed by atoms with Crippen LogP contribution in [0.2, 0.25) is 0 Å². The molecule has 2 rings (SSSR count). The lowest BCUT2D eigenvalue weighted by atomic mass is 10.1. The number of hydrogen-bond acceptors (Lipinski definition) is 5. The Morgan fingerprint density at radius 2 is 1.59 bits per heavy atom. The molecule has 0 fully saturated rings. The van der Waals surface area contributed by atoms with Crippen molar-refractivity contribution in [3.05, 3.63) is 35.4 Å². The number of guanidine groups is 2. The molecule has 1 heterocycles. The molecule has 1 aromatic rings. The predicted octanol–water partition coefficient (Wildman–Crippen LogP) is 1.88. The van der Waals surface area contributed by atoms with Gasteiger partial charge in [0.05, 0.1) is 6.61 Å². The Morgan fingerprint density at radius 1 is 0.938 bits per heavy atom. The number of ether oxygens (including phenoxy) is 1. The fraction of sp³-hybridized carbons (Fsp3) is 0.609. The maximum Gasteiger partial charge on any atom is 0.188 e. The topological polar surface area (TPSA) is 143 Å². The number of nitrogens with one attached hydrogen (secondary N) is 6. The van der Waals surface area contributed by atoms with Gasteiger partial charge < -0.3 is 31.7 Å². The number of nitrogens with two attached hydrogens (primary N) is 1. The van der Waals surface area contributed by atoms with Crippen LogP contribution in [0.1, 0.15) is 56.1 Å². The van der Waals surface area contributed by atoms with Crippen molar-refractivity contribution in [2.45, 2.75) is 51.6 Å². The first-order valence-corrected chi connectivity index (χ1v) is 11.7.